The third-order valence-electron chi connectivity index (χ3n) is 4.68. The zero-order valence-corrected chi connectivity index (χ0v) is 12.2. The number of hydrogen-bond donors (Lipinski definition) is 1. The van der Waals surface area contributed by atoms with Gasteiger partial charge in [0.05, 0.1) is 5.56 Å². The summed E-state index contributed by atoms with van der Waals surface area (Å²) >= 11 is 0. The molecule has 2 aromatic rings. The van der Waals surface area contributed by atoms with Gasteiger partial charge in [-0.3, -0.25) is 0 Å². The molecule has 1 aromatic carbocycles. The van der Waals surface area contributed by atoms with Gasteiger partial charge < -0.3 is 14.6 Å². The predicted molar refractivity (Wildman–Crippen MR) is 81.0 cm³/mol. The van der Waals surface area contributed by atoms with E-state index in [0.717, 1.165) is 23.7 Å². The van der Waals surface area contributed by atoms with Crippen LogP contribution in [0.1, 0.15) is 18.7 Å². The third-order valence-corrected chi connectivity index (χ3v) is 4.68. The van der Waals surface area contributed by atoms with Crippen molar-refractivity contribution in [2.75, 3.05) is 25.0 Å². The standard InChI is InChI=1S/C16H20N4O/c1-11-18-19-16(21-11)13-4-2-3-5-14(13)17-15-10-20-8-6-12(15)7-9-20/h2-5,12,15,17H,6-10H2,1H3. The zero-order valence-electron chi connectivity index (χ0n) is 12.2. The summed E-state index contributed by atoms with van der Waals surface area (Å²) in [5.41, 5.74) is 2.09. The van der Waals surface area contributed by atoms with E-state index in [9.17, 15) is 0 Å². The Balaban J connectivity index is 1.61. The molecule has 5 nitrogen and oxygen atoms in total. The van der Waals surface area contributed by atoms with Crippen molar-refractivity contribution in [1.29, 1.82) is 0 Å². The van der Waals surface area contributed by atoms with Crippen molar-refractivity contribution in [3.63, 3.8) is 0 Å². The lowest BCUT2D eigenvalue weighted by molar-refractivity contribution is 0.0975. The van der Waals surface area contributed by atoms with E-state index >= 15 is 0 Å². The number of fused-ring (bicyclic) bond motifs is 3. The highest BCUT2D eigenvalue weighted by Crippen LogP contribution is 2.33. The Morgan fingerprint density at radius 1 is 1.19 bits per heavy atom. The lowest BCUT2D eigenvalue weighted by Crippen LogP contribution is -2.53. The number of piperidine rings is 3. The maximum absolute atomic E-state index is 5.59. The highest BCUT2D eigenvalue weighted by Gasteiger charge is 2.34. The molecule has 3 fully saturated rings. The van der Waals surface area contributed by atoms with Gasteiger partial charge in [0.1, 0.15) is 0 Å². The van der Waals surface area contributed by atoms with Gasteiger partial charge in [-0.05, 0) is 44.0 Å². The minimum Gasteiger partial charge on any atom is -0.421 e. The SMILES string of the molecule is Cc1nnc(-c2ccccc2NC2CN3CCC2CC3)o1. The molecule has 1 N–H and O–H groups in total. The van der Waals surface area contributed by atoms with Crippen molar-refractivity contribution in [2.45, 2.75) is 25.8 Å². The number of rotatable bonds is 3. The molecule has 0 spiro atoms. The van der Waals surface area contributed by atoms with E-state index in [1.54, 1.807) is 0 Å². The highest BCUT2D eigenvalue weighted by molar-refractivity contribution is 5.72. The number of aryl methyl sites for hydroxylation is 1. The molecule has 0 saturated carbocycles. The van der Waals surface area contributed by atoms with E-state index in [1.165, 1.54) is 25.9 Å². The Kier molecular flexibility index (Phi) is 3.15. The second-order valence-corrected chi connectivity index (χ2v) is 6.06. The molecule has 3 saturated heterocycles. The number of para-hydroxylation sites is 1. The fourth-order valence-corrected chi connectivity index (χ4v) is 3.53. The van der Waals surface area contributed by atoms with Crippen LogP contribution in [0.25, 0.3) is 11.5 Å². The number of anilines is 1. The topological polar surface area (TPSA) is 54.2 Å². The van der Waals surface area contributed by atoms with Crippen LogP contribution in [-0.2, 0) is 0 Å². The number of hydrogen-bond acceptors (Lipinski definition) is 5. The maximum Gasteiger partial charge on any atom is 0.249 e. The first-order chi connectivity index (χ1) is 10.3. The van der Waals surface area contributed by atoms with Crippen LogP contribution in [-0.4, -0.2) is 40.8 Å². The number of nitrogens with zero attached hydrogens (tertiary/aromatic N) is 3. The van der Waals surface area contributed by atoms with Crippen molar-refractivity contribution < 1.29 is 4.42 Å². The van der Waals surface area contributed by atoms with Crippen LogP contribution in [0.2, 0.25) is 0 Å². The molecule has 1 unspecified atom stereocenters. The van der Waals surface area contributed by atoms with E-state index < -0.39 is 0 Å². The van der Waals surface area contributed by atoms with Crippen LogP contribution in [0.5, 0.6) is 0 Å². The summed E-state index contributed by atoms with van der Waals surface area (Å²) in [4.78, 5) is 2.55. The molecule has 4 heterocycles. The Morgan fingerprint density at radius 3 is 2.67 bits per heavy atom. The molecule has 1 aromatic heterocycles. The maximum atomic E-state index is 5.59. The van der Waals surface area contributed by atoms with Crippen LogP contribution in [0.15, 0.2) is 28.7 Å². The van der Waals surface area contributed by atoms with Crippen molar-refractivity contribution in [2.24, 2.45) is 5.92 Å². The number of aromatic nitrogens is 2. The first kappa shape index (κ1) is 12.8. The lowest BCUT2D eigenvalue weighted by Gasteiger charge is -2.45. The van der Waals surface area contributed by atoms with Gasteiger partial charge >= 0.3 is 0 Å². The summed E-state index contributed by atoms with van der Waals surface area (Å²) in [5, 5.41) is 11.8. The monoisotopic (exact) mass is 284 g/mol. The first-order valence-electron chi connectivity index (χ1n) is 7.68. The van der Waals surface area contributed by atoms with Gasteiger partial charge in [-0.1, -0.05) is 12.1 Å². The van der Waals surface area contributed by atoms with Crippen LogP contribution in [0, 0.1) is 12.8 Å². The van der Waals surface area contributed by atoms with Crippen molar-refractivity contribution in [3.8, 4) is 11.5 Å². The highest BCUT2D eigenvalue weighted by atomic mass is 16.4. The molecular formula is C16H20N4O. The second kappa shape index (κ2) is 5.15. The summed E-state index contributed by atoms with van der Waals surface area (Å²) in [6.45, 7) is 5.47. The van der Waals surface area contributed by atoms with E-state index in [-0.39, 0.29) is 0 Å². The van der Waals surface area contributed by atoms with Gasteiger partial charge in [0.2, 0.25) is 11.8 Å². The quantitative estimate of drug-likeness (QED) is 0.938. The Labute approximate surface area is 124 Å². The van der Waals surface area contributed by atoms with E-state index in [1.807, 2.05) is 19.1 Å². The van der Waals surface area contributed by atoms with Crippen molar-refractivity contribution >= 4 is 5.69 Å². The minimum atomic E-state index is 0.526. The molecule has 110 valence electrons. The van der Waals surface area contributed by atoms with Gasteiger partial charge in [-0.25, -0.2) is 0 Å². The summed E-state index contributed by atoms with van der Waals surface area (Å²) in [7, 11) is 0. The molecule has 5 heteroatoms. The van der Waals surface area contributed by atoms with Gasteiger partial charge in [0.25, 0.3) is 0 Å². The van der Waals surface area contributed by atoms with Crippen LogP contribution < -0.4 is 5.32 Å². The summed E-state index contributed by atoms with van der Waals surface area (Å²) in [6.07, 6.45) is 2.61. The molecule has 21 heavy (non-hydrogen) atoms. The van der Waals surface area contributed by atoms with Gasteiger partial charge in [0, 0.05) is 25.2 Å². The predicted octanol–water partition coefficient (Wildman–Crippen LogP) is 2.55. The second-order valence-electron chi connectivity index (χ2n) is 6.06. The smallest absolute Gasteiger partial charge is 0.249 e. The van der Waals surface area contributed by atoms with Crippen molar-refractivity contribution in [1.82, 2.24) is 15.1 Å². The van der Waals surface area contributed by atoms with Gasteiger partial charge in [-0.15, -0.1) is 10.2 Å². The lowest BCUT2D eigenvalue weighted by atomic mass is 9.84. The van der Waals surface area contributed by atoms with E-state index in [4.69, 9.17) is 4.42 Å². The Hall–Kier alpha value is -1.88. The average molecular weight is 284 g/mol. The Bertz CT molecular complexity index is 631. The number of nitrogens with one attached hydrogen (secondary N) is 1. The van der Waals surface area contributed by atoms with Crippen molar-refractivity contribution in [3.05, 3.63) is 30.2 Å². The minimum absolute atomic E-state index is 0.526. The van der Waals surface area contributed by atoms with Crippen LogP contribution in [0.4, 0.5) is 5.69 Å². The normalized spacial score (nSPS) is 27.8. The fourth-order valence-electron chi connectivity index (χ4n) is 3.53. The molecule has 0 radical (unpaired) electrons. The molecule has 0 amide bonds. The summed E-state index contributed by atoms with van der Waals surface area (Å²) < 4.78 is 5.59. The van der Waals surface area contributed by atoms with Gasteiger partial charge in [0.15, 0.2) is 0 Å². The zero-order chi connectivity index (χ0) is 14.2. The molecule has 3 aliphatic rings. The molecule has 3 aliphatic heterocycles. The van der Waals surface area contributed by atoms with Gasteiger partial charge in [-0.2, -0.15) is 0 Å². The number of benzene rings is 1. The molecule has 5 rings (SSSR count). The molecule has 2 bridgehead atoms. The molecule has 1 atom stereocenters. The fraction of sp³-hybridized carbons (Fsp3) is 0.500. The van der Waals surface area contributed by atoms with Crippen LogP contribution in [0.3, 0.4) is 0 Å². The third kappa shape index (κ3) is 2.42. The summed E-state index contributed by atoms with van der Waals surface area (Å²) in [5.74, 6) is 1.98. The van der Waals surface area contributed by atoms with E-state index in [0.29, 0.717) is 17.8 Å². The largest absolute Gasteiger partial charge is 0.421 e. The first-order valence-corrected chi connectivity index (χ1v) is 7.68. The molecule has 0 aliphatic carbocycles. The Morgan fingerprint density at radius 2 is 2.00 bits per heavy atom. The summed E-state index contributed by atoms with van der Waals surface area (Å²) in [6, 6.07) is 8.73. The van der Waals surface area contributed by atoms with Crippen LogP contribution >= 0.6 is 0 Å². The van der Waals surface area contributed by atoms with E-state index in [2.05, 4.69) is 32.5 Å². The molecular weight excluding hydrogens is 264 g/mol. The average Bonchev–Trinajstić information content (AvgIpc) is 2.95.